The van der Waals surface area contributed by atoms with E-state index in [-0.39, 0.29) is 11.6 Å². The molecule has 0 aromatic carbocycles. The van der Waals surface area contributed by atoms with Gasteiger partial charge in [0.2, 0.25) is 5.69 Å². The van der Waals surface area contributed by atoms with E-state index in [9.17, 15) is 18.4 Å². The lowest BCUT2D eigenvalue weighted by Gasteiger charge is -2.12. The molecular formula is C14H9BrF3N2S2+. The van der Waals surface area contributed by atoms with Crippen molar-refractivity contribution in [1.29, 1.82) is 5.26 Å². The first-order valence-electron chi connectivity index (χ1n) is 6.30. The first kappa shape index (κ1) is 15.8. The average molecular weight is 406 g/mol. The molecule has 0 amide bonds. The Hall–Kier alpha value is -1.04. The van der Waals surface area contributed by atoms with E-state index in [2.05, 4.69) is 15.9 Å². The van der Waals surface area contributed by atoms with Crippen LogP contribution in [-0.4, -0.2) is 11.1 Å². The number of aromatic nitrogens is 1. The minimum absolute atomic E-state index is 0.0338. The summed E-state index contributed by atoms with van der Waals surface area (Å²) in [6.07, 6.45) is -4.54. The Morgan fingerprint density at radius 3 is 2.77 bits per heavy atom. The zero-order valence-electron chi connectivity index (χ0n) is 11.0. The highest BCUT2D eigenvalue weighted by Gasteiger charge is 2.44. The molecule has 8 heteroatoms. The Balaban J connectivity index is 2.35. The highest BCUT2D eigenvalue weighted by Crippen LogP contribution is 2.41. The van der Waals surface area contributed by atoms with Crippen molar-refractivity contribution < 1.29 is 17.7 Å². The highest BCUT2D eigenvalue weighted by molar-refractivity contribution is 9.09. The van der Waals surface area contributed by atoms with Gasteiger partial charge in [0.15, 0.2) is 6.04 Å². The Labute approximate surface area is 141 Å². The van der Waals surface area contributed by atoms with Crippen molar-refractivity contribution in [2.24, 2.45) is 0 Å². The summed E-state index contributed by atoms with van der Waals surface area (Å²) in [5.74, 6) is 0.652. The Morgan fingerprint density at radius 2 is 2.23 bits per heavy atom. The van der Waals surface area contributed by atoms with Crippen molar-refractivity contribution in [2.75, 3.05) is 11.1 Å². The van der Waals surface area contributed by atoms with Crippen molar-refractivity contribution in [1.82, 2.24) is 0 Å². The number of halogens is 4. The number of hydrogen-bond donors (Lipinski definition) is 0. The summed E-state index contributed by atoms with van der Waals surface area (Å²) in [7, 11) is 0. The first-order chi connectivity index (χ1) is 10.5. The molecule has 0 unspecified atom stereocenters. The standard InChI is InChI=1S/C14H9BrF3N2S2/c15-5-8-7-22-13-9(6-19)10(14(16,17)18)4-11(20(8)13)12-2-1-3-21-12/h1-4,8H,5,7H2/q+1/t8-/m1/s1. The van der Waals surface area contributed by atoms with Crippen LogP contribution < -0.4 is 4.57 Å². The maximum Gasteiger partial charge on any atom is 0.418 e. The summed E-state index contributed by atoms with van der Waals surface area (Å²) in [4.78, 5) is 0.768. The van der Waals surface area contributed by atoms with Gasteiger partial charge < -0.3 is 0 Å². The van der Waals surface area contributed by atoms with Gasteiger partial charge in [-0.2, -0.15) is 23.0 Å². The third-order valence-electron chi connectivity index (χ3n) is 3.39. The quantitative estimate of drug-likeness (QED) is 0.537. The van der Waals surface area contributed by atoms with Crippen LogP contribution in [0.1, 0.15) is 17.2 Å². The molecule has 114 valence electrons. The van der Waals surface area contributed by atoms with Crippen LogP contribution in [0.15, 0.2) is 28.6 Å². The van der Waals surface area contributed by atoms with Crippen LogP contribution in [0.5, 0.6) is 0 Å². The van der Waals surface area contributed by atoms with E-state index in [0.29, 0.717) is 21.8 Å². The molecule has 0 radical (unpaired) electrons. The second kappa shape index (κ2) is 5.87. The lowest BCUT2D eigenvalue weighted by Crippen LogP contribution is -2.43. The summed E-state index contributed by atoms with van der Waals surface area (Å²) in [6.45, 7) is 0. The van der Waals surface area contributed by atoms with Crippen molar-refractivity contribution in [3.8, 4) is 16.6 Å². The minimum atomic E-state index is -4.54. The molecule has 3 rings (SSSR count). The molecule has 1 aliphatic rings. The molecule has 2 aromatic heterocycles. The molecule has 0 saturated carbocycles. The predicted octanol–water partition coefficient (Wildman–Crippen LogP) is 4.63. The molecule has 0 saturated heterocycles. The largest absolute Gasteiger partial charge is 0.418 e. The van der Waals surface area contributed by atoms with Crippen LogP contribution in [0.3, 0.4) is 0 Å². The number of thiophene rings is 1. The maximum absolute atomic E-state index is 13.3. The van der Waals surface area contributed by atoms with E-state index < -0.39 is 11.7 Å². The van der Waals surface area contributed by atoms with E-state index >= 15 is 0 Å². The molecule has 2 nitrogen and oxygen atoms in total. The van der Waals surface area contributed by atoms with E-state index in [1.54, 1.807) is 12.1 Å². The average Bonchev–Trinajstić information content (AvgIpc) is 3.13. The van der Waals surface area contributed by atoms with Gasteiger partial charge in [-0.15, -0.1) is 11.3 Å². The normalized spacial score (nSPS) is 17.3. The summed E-state index contributed by atoms with van der Waals surface area (Å²) in [6, 6.07) is 6.49. The van der Waals surface area contributed by atoms with E-state index in [1.807, 2.05) is 16.0 Å². The van der Waals surface area contributed by atoms with E-state index in [0.717, 1.165) is 10.9 Å². The summed E-state index contributed by atoms with van der Waals surface area (Å²) in [5.41, 5.74) is -0.612. The number of hydrogen-bond acceptors (Lipinski definition) is 3. The molecule has 0 bridgehead atoms. The monoisotopic (exact) mass is 405 g/mol. The molecule has 0 aliphatic carbocycles. The van der Waals surface area contributed by atoms with Crippen molar-refractivity contribution in [3.05, 3.63) is 34.7 Å². The lowest BCUT2D eigenvalue weighted by molar-refractivity contribution is -0.733. The summed E-state index contributed by atoms with van der Waals surface area (Å²) >= 11 is 6.11. The van der Waals surface area contributed by atoms with Crippen molar-refractivity contribution in [3.63, 3.8) is 0 Å². The molecule has 2 aromatic rings. The molecule has 3 heterocycles. The zero-order chi connectivity index (χ0) is 15.9. The molecule has 22 heavy (non-hydrogen) atoms. The van der Waals surface area contributed by atoms with Gasteiger partial charge in [-0.1, -0.05) is 22.0 Å². The summed E-state index contributed by atoms with van der Waals surface area (Å²) < 4.78 is 41.8. The maximum atomic E-state index is 13.3. The van der Waals surface area contributed by atoms with Crippen LogP contribution in [0, 0.1) is 11.3 Å². The Kier molecular flexibility index (Phi) is 4.23. The van der Waals surface area contributed by atoms with E-state index in [4.69, 9.17) is 0 Å². The number of nitrogens with zero attached hydrogens (tertiary/aromatic N) is 2. The van der Waals surface area contributed by atoms with Crippen molar-refractivity contribution in [2.45, 2.75) is 17.2 Å². The van der Waals surface area contributed by atoms with Crippen LogP contribution in [0.25, 0.3) is 10.6 Å². The molecule has 0 spiro atoms. The lowest BCUT2D eigenvalue weighted by atomic mass is 10.1. The SMILES string of the molecule is N#Cc1c(C(F)(F)F)cc(-c2cccs2)[n+]2c1SC[C@H]2CBr. The van der Waals surface area contributed by atoms with Crippen LogP contribution in [0.4, 0.5) is 13.2 Å². The third kappa shape index (κ3) is 2.55. The van der Waals surface area contributed by atoms with Gasteiger partial charge in [0.1, 0.15) is 11.6 Å². The number of nitriles is 1. The van der Waals surface area contributed by atoms with E-state index in [1.165, 1.54) is 23.1 Å². The number of rotatable bonds is 2. The van der Waals surface area contributed by atoms with Gasteiger partial charge in [0, 0.05) is 6.07 Å². The van der Waals surface area contributed by atoms with Crippen LogP contribution in [0.2, 0.25) is 0 Å². The molecule has 0 fully saturated rings. The highest BCUT2D eigenvalue weighted by atomic mass is 79.9. The Morgan fingerprint density at radius 1 is 1.45 bits per heavy atom. The van der Waals surface area contributed by atoms with Gasteiger partial charge in [0.05, 0.1) is 21.5 Å². The molecule has 1 aliphatic heterocycles. The van der Waals surface area contributed by atoms with Gasteiger partial charge in [0.25, 0.3) is 5.03 Å². The number of thioether (sulfide) groups is 1. The molecule has 1 atom stereocenters. The fourth-order valence-electron chi connectivity index (χ4n) is 2.44. The number of fused-ring (bicyclic) bond motifs is 1. The number of alkyl halides is 4. The first-order valence-corrected chi connectivity index (χ1v) is 9.28. The minimum Gasteiger partial charge on any atom is -0.192 e. The fourth-order valence-corrected chi connectivity index (χ4v) is 5.30. The van der Waals surface area contributed by atoms with Crippen LogP contribution in [-0.2, 0) is 6.18 Å². The zero-order valence-corrected chi connectivity index (χ0v) is 14.2. The third-order valence-corrected chi connectivity index (χ3v) is 6.25. The number of pyridine rings is 1. The second-order valence-electron chi connectivity index (χ2n) is 4.70. The second-order valence-corrected chi connectivity index (χ2v) is 7.30. The van der Waals surface area contributed by atoms with Crippen molar-refractivity contribution >= 4 is 39.0 Å². The molecular weight excluding hydrogens is 397 g/mol. The fraction of sp³-hybridized carbons (Fsp3) is 0.286. The Bertz CT molecular complexity index is 751. The van der Waals surface area contributed by atoms with Gasteiger partial charge in [-0.25, -0.2) is 0 Å². The van der Waals surface area contributed by atoms with Crippen LogP contribution >= 0.6 is 39.0 Å². The van der Waals surface area contributed by atoms with Gasteiger partial charge >= 0.3 is 6.18 Å². The predicted molar refractivity (Wildman–Crippen MR) is 83.2 cm³/mol. The smallest absolute Gasteiger partial charge is 0.192 e. The molecule has 0 N–H and O–H groups in total. The van der Waals surface area contributed by atoms with Gasteiger partial charge in [-0.3, -0.25) is 0 Å². The van der Waals surface area contributed by atoms with Gasteiger partial charge in [-0.05, 0) is 23.2 Å². The summed E-state index contributed by atoms with van der Waals surface area (Å²) in [5, 5.41) is 12.1. The topological polar surface area (TPSA) is 27.7 Å².